The highest BCUT2D eigenvalue weighted by molar-refractivity contribution is 8.00. The molecule has 1 saturated carbocycles. The van der Waals surface area contributed by atoms with Gasteiger partial charge in [0.1, 0.15) is 0 Å². The van der Waals surface area contributed by atoms with E-state index in [9.17, 15) is 0 Å². The molecule has 0 saturated heterocycles. The molecule has 100 valence electrons. The van der Waals surface area contributed by atoms with Crippen LogP contribution in [0.5, 0.6) is 0 Å². The smallest absolute Gasteiger partial charge is 0.0603 e. The summed E-state index contributed by atoms with van der Waals surface area (Å²) < 4.78 is 0. The molecule has 1 fully saturated rings. The maximum Gasteiger partial charge on any atom is 0.0603 e. The molecule has 4 heteroatoms. The quantitative estimate of drug-likeness (QED) is 0.855. The van der Waals surface area contributed by atoms with Crippen LogP contribution in [-0.2, 0) is 0 Å². The molecule has 2 atom stereocenters. The first-order valence-electron chi connectivity index (χ1n) is 6.23. The Kier molecular flexibility index (Phi) is 4.53. The van der Waals surface area contributed by atoms with E-state index in [1.807, 2.05) is 23.9 Å². The second-order valence-electron chi connectivity index (χ2n) is 5.53. The molecule has 1 N–H and O–H groups in total. The fourth-order valence-corrected chi connectivity index (χ4v) is 4.69. The zero-order chi connectivity index (χ0) is 13.3. The minimum Gasteiger partial charge on any atom is -0.315 e. The Morgan fingerprint density at radius 1 is 1.28 bits per heavy atom. The van der Waals surface area contributed by atoms with Crippen LogP contribution in [-0.4, -0.2) is 18.3 Å². The van der Waals surface area contributed by atoms with E-state index in [4.69, 9.17) is 23.2 Å². The molecule has 0 radical (unpaired) electrons. The van der Waals surface area contributed by atoms with Gasteiger partial charge >= 0.3 is 0 Å². The summed E-state index contributed by atoms with van der Waals surface area (Å²) in [7, 11) is 2.06. The van der Waals surface area contributed by atoms with Crippen molar-refractivity contribution in [2.24, 2.45) is 5.41 Å². The predicted octanol–water partition coefficient (Wildman–Crippen LogP) is 4.86. The summed E-state index contributed by atoms with van der Waals surface area (Å²) in [5.41, 5.74) is 0.364. The van der Waals surface area contributed by atoms with Gasteiger partial charge in [-0.25, -0.2) is 0 Å². The maximum atomic E-state index is 6.06. The molecular weight excluding hydrogens is 285 g/mol. The first-order valence-corrected chi connectivity index (χ1v) is 7.86. The summed E-state index contributed by atoms with van der Waals surface area (Å²) in [5, 5.41) is 5.33. The fraction of sp³-hybridized carbons (Fsp3) is 0.571. The Morgan fingerprint density at radius 2 is 2.00 bits per heavy atom. The van der Waals surface area contributed by atoms with Crippen molar-refractivity contribution in [3.63, 3.8) is 0 Å². The van der Waals surface area contributed by atoms with Crippen molar-refractivity contribution < 1.29 is 0 Å². The fourth-order valence-electron chi connectivity index (χ4n) is 2.77. The van der Waals surface area contributed by atoms with Gasteiger partial charge in [-0.3, -0.25) is 0 Å². The van der Waals surface area contributed by atoms with Crippen LogP contribution in [0.15, 0.2) is 23.1 Å². The first kappa shape index (κ1) is 14.5. The Bertz CT molecular complexity index is 434. The molecule has 0 amide bonds. The Hall–Kier alpha value is 0.110. The Labute approximate surface area is 124 Å². The lowest BCUT2D eigenvalue weighted by molar-refractivity contribution is 0.300. The number of hydrogen-bond donors (Lipinski definition) is 1. The molecule has 1 aliphatic rings. The van der Waals surface area contributed by atoms with Crippen molar-refractivity contribution in [2.45, 2.75) is 42.9 Å². The van der Waals surface area contributed by atoms with Gasteiger partial charge in [0.15, 0.2) is 0 Å². The molecule has 1 nitrogen and oxygen atoms in total. The van der Waals surface area contributed by atoms with E-state index in [0.29, 0.717) is 26.8 Å². The third-order valence-corrected chi connectivity index (χ3v) is 5.85. The van der Waals surface area contributed by atoms with E-state index < -0.39 is 0 Å². The van der Waals surface area contributed by atoms with Crippen molar-refractivity contribution in [1.82, 2.24) is 5.32 Å². The van der Waals surface area contributed by atoms with E-state index >= 15 is 0 Å². The molecule has 1 aliphatic carbocycles. The topological polar surface area (TPSA) is 12.0 Å². The summed E-state index contributed by atoms with van der Waals surface area (Å²) in [6.07, 6.45) is 2.50. The molecule has 0 spiro atoms. The number of rotatable bonds is 3. The van der Waals surface area contributed by atoms with Crippen LogP contribution in [0.4, 0.5) is 0 Å². The second-order valence-corrected chi connectivity index (χ2v) is 7.65. The lowest BCUT2D eigenvalue weighted by Crippen LogP contribution is -2.41. The van der Waals surface area contributed by atoms with Crippen LogP contribution in [0.3, 0.4) is 0 Å². The summed E-state index contributed by atoms with van der Waals surface area (Å²) in [4.78, 5) is 1.20. The number of halogens is 2. The van der Waals surface area contributed by atoms with Crippen molar-refractivity contribution in [3.05, 3.63) is 28.2 Å². The van der Waals surface area contributed by atoms with Gasteiger partial charge in [-0.15, -0.1) is 11.8 Å². The SMILES string of the molecule is CNC1C(Sc2ccc(Cl)c(Cl)c2)CCC1(C)C. The van der Waals surface area contributed by atoms with Crippen LogP contribution in [0, 0.1) is 5.41 Å². The largest absolute Gasteiger partial charge is 0.315 e. The van der Waals surface area contributed by atoms with Crippen LogP contribution in [0.25, 0.3) is 0 Å². The summed E-state index contributed by atoms with van der Waals surface area (Å²) in [6, 6.07) is 6.43. The molecule has 1 aromatic rings. The molecule has 2 rings (SSSR count). The number of hydrogen-bond acceptors (Lipinski definition) is 2. The van der Waals surface area contributed by atoms with E-state index in [1.165, 1.54) is 17.7 Å². The van der Waals surface area contributed by atoms with E-state index in [1.54, 1.807) is 0 Å². The van der Waals surface area contributed by atoms with Crippen molar-refractivity contribution >= 4 is 35.0 Å². The minimum absolute atomic E-state index is 0.364. The van der Waals surface area contributed by atoms with Gasteiger partial charge in [-0.2, -0.15) is 0 Å². The van der Waals surface area contributed by atoms with Crippen LogP contribution in [0.1, 0.15) is 26.7 Å². The maximum absolute atomic E-state index is 6.06. The minimum atomic E-state index is 0.364. The molecular formula is C14H19Cl2NS. The van der Waals surface area contributed by atoms with Crippen LogP contribution >= 0.6 is 35.0 Å². The van der Waals surface area contributed by atoms with Gasteiger partial charge < -0.3 is 5.32 Å². The van der Waals surface area contributed by atoms with Crippen molar-refractivity contribution in [2.75, 3.05) is 7.05 Å². The van der Waals surface area contributed by atoms with Crippen LogP contribution < -0.4 is 5.32 Å². The lowest BCUT2D eigenvalue weighted by Gasteiger charge is -2.30. The number of benzene rings is 1. The van der Waals surface area contributed by atoms with E-state index in [2.05, 4.69) is 32.3 Å². The lowest BCUT2D eigenvalue weighted by atomic mass is 9.87. The molecule has 2 unspecified atom stereocenters. The average Bonchev–Trinajstić information content (AvgIpc) is 2.59. The number of thioether (sulfide) groups is 1. The molecule has 0 heterocycles. The summed E-state index contributed by atoms with van der Waals surface area (Å²) in [6.45, 7) is 4.67. The highest BCUT2D eigenvalue weighted by atomic mass is 35.5. The molecule has 0 aliphatic heterocycles. The van der Waals surface area contributed by atoms with Gasteiger partial charge in [-0.05, 0) is 43.5 Å². The Balaban J connectivity index is 2.12. The molecule has 18 heavy (non-hydrogen) atoms. The summed E-state index contributed by atoms with van der Waals surface area (Å²) in [5.74, 6) is 0. The third-order valence-electron chi connectivity index (χ3n) is 3.78. The van der Waals surface area contributed by atoms with Crippen molar-refractivity contribution in [1.29, 1.82) is 0 Å². The molecule has 1 aromatic carbocycles. The average molecular weight is 304 g/mol. The number of nitrogens with one attached hydrogen (secondary N) is 1. The van der Waals surface area contributed by atoms with Gasteiger partial charge in [0.05, 0.1) is 10.0 Å². The van der Waals surface area contributed by atoms with Gasteiger partial charge in [-0.1, -0.05) is 37.0 Å². The normalized spacial score (nSPS) is 26.5. The zero-order valence-corrected chi connectivity index (χ0v) is 13.3. The third kappa shape index (κ3) is 2.98. The monoisotopic (exact) mass is 303 g/mol. The second kappa shape index (κ2) is 5.62. The van der Waals surface area contributed by atoms with Gasteiger partial charge in [0.25, 0.3) is 0 Å². The first-order chi connectivity index (χ1) is 8.44. The highest BCUT2D eigenvalue weighted by Gasteiger charge is 2.41. The van der Waals surface area contributed by atoms with E-state index in [-0.39, 0.29) is 0 Å². The zero-order valence-electron chi connectivity index (χ0n) is 11.0. The van der Waals surface area contributed by atoms with Crippen LogP contribution in [0.2, 0.25) is 10.0 Å². The standard InChI is InChI=1S/C14H19Cl2NS/c1-14(2)7-6-12(13(14)17-3)18-9-4-5-10(15)11(16)8-9/h4-5,8,12-13,17H,6-7H2,1-3H3. The predicted molar refractivity (Wildman–Crippen MR) is 82.0 cm³/mol. The van der Waals surface area contributed by atoms with Gasteiger partial charge in [0.2, 0.25) is 0 Å². The van der Waals surface area contributed by atoms with Crippen molar-refractivity contribution in [3.8, 4) is 0 Å². The Morgan fingerprint density at radius 3 is 2.61 bits per heavy atom. The molecule has 0 aromatic heterocycles. The van der Waals surface area contributed by atoms with E-state index in [0.717, 1.165) is 0 Å². The van der Waals surface area contributed by atoms with Gasteiger partial charge in [0, 0.05) is 16.2 Å². The highest BCUT2D eigenvalue weighted by Crippen LogP contribution is 2.45. The molecule has 0 bridgehead atoms. The summed E-state index contributed by atoms with van der Waals surface area (Å²) >= 11 is 13.9.